The van der Waals surface area contributed by atoms with Gasteiger partial charge >= 0.3 is 0 Å². The lowest BCUT2D eigenvalue weighted by molar-refractivity contribution is -0.120. The second kappa shape index (κ2) is 5.45. The molecule has 5 heteroatoms. The number of anilines is 1. The predicted molar refractivity (Wildman–Crippen MR) is 76.7 cm³/mol. The molecule has 1 atom stereocenters. The lowest BCUT2D eigenvalue weighted by Crippen LogP contribution is -2.25. The maximum atomic E-state index is 12.6. The fraction of sp³-hybridized carbons (Fsp3) is 0.400. The van der Waals surface area contributed by atoms with Crippen molar-refractivity contribution in [3.05, 3.63) is 42.0 Å². The Hall–Kier alpha value is -2.17. The first-order valence-corrected chi connectivity index (χ1v) is 7.01. The van der Waals surface area contributed by atoms with Crippen LogP contribution in [-0.2, 0) is 17.8 Å². The molecule has 3 rings (SSSR count). The highest BCUT2D eigenvalue weighted by Crippen LogP contribution is 2.32. The molecule has 1 aromatic heterocycles. The van der Waals surface area contributed by atoms with Gasteiger partial charge in [0.25, 0.3) is 0 Å². The molecule has 0 amide bonds. The summed E-state index contributed by atoms with van der Waals surface area (Å²) in [7, 11) is 0. The van der Waals surface area contributed by atoms with Crippen molar-refractivity contribution < 1.29 is 4.79 Å². The Morgan fingerprint density at radius 3 is 3.15 bits per heavy atom. The average Bonchev–Trinajstić information content (AvgIpc) is 2.93. The molecule has 20 heavy (non-hydrogen) atoms. The van der Waals surface area contributed by atoms with Crippen molar-refractivity contribution in [2.75, 3.05) is 11.9 Å². The van der Waals surface area contributed by atoms with Gasteiger partial charge in [0.1, 0.15) is 17.9 Å². The zero-order valence-corrected chi connectivity index (χ0v) is 11.5. The summed E-state index contributed by atoms with van der Waals surface area (Å²) in [5.41, 5.74) is 2.18. The van der Waals surface area contributed by atoms with Gasteiger partial charge in [-0.25, -0.2) is 9.67 Å². The second-order valence-corrected chi connectivity index (χ2v) is 4.99. The van der Waals surface area contributed by atoms with Gasteiger partial charge in [0, 0.05) is 24.7 Å². The van der Waals surface area contributed by atoms with Crippen molar-refractivity contribution in [2.24, 2.45) is 0 Å². The molecular weight excluding hydrogens is 252 g/mol. The van der Waals surface area contributed by atoms with Crippen LogP contribution in [0.5, 0.6) is 0 Å². The molecule has 5 nitrogen and oxygen atoms in total. The van der Waals surface area contributed by atoms with E-state index < -0.39 is 0 Å². The van der Waals surface area contributed by atoms with E-state index in [1.807, 2.05) is 31.2 Å². The number of benzene rings is 1. The van der Waals surface area contributed by atoms with E-state index in [9.17, 15) is 4.79 Å². The van der Waals surface area contributed by atoms with Gasteiger partial charge in [-0.15, -0.1) is 0 Å². The molecule has 1 unspecified atom stereocenters. The van der Waals surface area contributed by atoms with Crippen LogP contribution in [0.1, 0.15) is 30.7 Å². The Balaban J connectivity index is 1.82. The van der Waals surface area contributed by atoms with Gasteiger partial charge in [-0.3, -0.25) is 4.79 Å². The molecule has 1 N–H and O–H groups in total. The molecule has 2 heterocycles. The number of fused-ring (bicyclic) bond motifs is 1. The van der Waals surface area contributed by atoms with Gasteiger partial charge < -0.3 is 5.32 Å². The zero-order valence-electron chi connectivity index (χ0n) is 11.5. The molecule has 0 bridgehead atoms. The van der Waals surface area contributed by atoms with Gasteiger partial charge in [-0.2, -0.15) is 5.10 Å². The number of aryl methyl sites for hydroxylation is 1. The van der Waals surface area contributed by atoms with Gasteiger partial charge in [-0.05, 0) is 25.0 Å². The predicted octanol–water partition coefficient (Wildman–Crippen LogP) is 2.01. The maximum absolute atomic E-state index is 12.6. The number of nitrogens with one attached hydrogen (secondary N) is 1. The summed E-state index contributed by atoms with van der Waals surface area (Å²) in [6.07, 6.45) is 2.71. The van der Waals surface area contributed by atoms with Crippen molar-refractivity contribution in [2.45, 2.75) is 32.2 Å². The number of aromatic nitrogens is 3. The van der Waals surface area contributed by atoms with E-state index in [0.717, 1.165) is 36.6 Å². The maximum Gasteiger partial charge on any atom is 0.148 e. The van der Waals surface area contributed by atoms with E-state index in [2.05, 4.69) is 15.4 Å². The SMILES string of the molecule is CCn1ncnc1CC(=O)C1CCNc2ccccc21. The van der Waals surface area contributed by atoms with Gasteiger partial charge in [0.05, 0.1) is 6.42 Å². The van der Waals surface area contributed by atoms with Crippen molar-refractivity contribution in [3.8, 4) is 0 Å². The van der Waals surface area contributed by atoms with Crippen molar-refractivity contribution in [1.82, 2.24) is 14.8 Å². The summed E-state index contributed by atoms with van der Waals surface area (Å²) in [6.45, 7) is 3.59. The molecular formula is C15H18N4O. The number of nitrogens with zero attached hydrogens (tertiary/aromatic N) is 3. The Bertz CT molecular complexity index is 620. The van der Waals surface area contributed by atoms with Crippen LogP contribution in [0.4, 0.5) is 5.69 Å². The summed E-state index contributed by atoms with van der Waals surface area (Å²) in [5.74, 6) is 0.949. The number of rotatable bonds is 4. The third-order valence-corrected chi connectivity index (χ3v) is 3.80. The van der Waals surface area contributed by atoms with Gasteiger partial charge in [-0.1, -0.05) is 18.2 Å². The van der Waals surface area contributed by atoms with Gasteiger partial charge in [0.15, 0.2) is 0 Å². The number of hydrogen-bond donors (Lipinski definition) is 1. The average molecular weight is 270 g/mol. The smallest absolute Gasteiger partial charge is 0.148 e. The second-order valence-electron chi connectivity index (χ2n) is 4.99. The standard InChI is InChI=1S/C15H18N4O/c1-2-19-15(17-10-18-19)9-14(20)12-7-8-16-13-6-4-3-5-11(12)13/h3-6,10,12,16H,2,7-9H2,1H3. The molecule has 104 valence electrons. The van der Waals surface area contributed by atoms with Crippen LogP contribution in [0.2, 0.25) is 0 Å². The number of carbonyl (C=O) groups is 1. The summed E-state index contributed by atoms with van der Waals surface area (Å²) in [5, 5.41) is 7.46. The van der Waals surface area contributed by atoms with Gasteiger partial charge in [0.2, 0.25) is 0 Å². The van der Waals surface area contributed by atoms with E-state index >= 15 is 0 Å². The summed E-state index contributed by atoms with van der Waals surface area (Å²) in [6, 6.07) is 8.05. The Kier molecular flexibility index (Phi) is 3.50. The van der Waals surface area contributed by atoms with Crippen LogP contribution in [-0.4, -0.2) is 27.1 Å². The normalized spacial score (nSPS) is 17.4. The van der Waals surface area contributed by atoms with Crippen LogP contribution >= 0.6 is 0 Å². The Labute approximate surface area is 118 Å². The van der Waals surface area contributed by atoms with E-state index in [1.165, 1.54) is 6.33 Å². The van der Waals surface area contributed by atoms with E-state index in [-0.39, 0.29) is 11.7 Å². The summed E-state index contributed by atoms with van der Waals surface area (Å²) in [4.78, 5) is 16.8. The highest BCUT2D eigenvalue weighted by molar-refractivity contribution is 5.89. The van der Waals surface area contributed by atoms with Crippen LogP contribution in [0, 0.1) is 0 Å². The lowest BCUT2D eigenvalue weighted by Gasteiger charge is -2.25. The molecule has 0 saturated heterocycles. The van der Waals surface area contributed by atoms with Crippen LogP contribution in [0.25, 0.3) is 0 Å². The first kappa shape index (κ1) is 12.8. The highest BCUT2D eigenvalue weighted by Gasteiger charge is 2.26. The van der Waals surface area contributed by atoms with Crippen molar-refractivity contribution in [3.63, 3.8) is 0 Å². The first-order valence-electron chi connectivity index (χ1n) is 7.01. The zero-order chi connectivity index (χ0) is 13.9. The summed E-state index contributed by atoms with van der Waals surface area (Å²) >= 11 is 0. The molecule has 0 radical (unpaired) electrons. The molecule has 0 aliphatic carbocycles. The molecule has 0 spiro atoms. The fourth-order valence-electron chi connectivity index (χ4n) is 2.77. The molecule has 1 aliphatic rings. The largest absolute Gasteiger partial charge is 0.385 e. The van der Waals surface area contributed by atoms with E-state index in [4.69, 9.17) is 0 Å². The minimum Gasteiger partial charge on any atom is -0.385 e. The number of Topliss-reactive ketones (excluding diaryl/α,β-unsaturated/α-hetero) is 1. The monoisotopic (exact) mass is 270 g/mol. The minimum atomic E-state index is -0.0329. The number of hydrogen-bond acceptors (Lipinski definition) is 4. The molecule has 2 aromatic rings. The lowest BCUT2D eigenvalue weighted by atomic mass is 9.86. The third-order valence-electron chi connectivity index (χ3n) is 3.80. The molecule has 1 aromatic carbocycles. The Morgan fingerprint density at radius 1 is 1.45 bits per heavy atom. The summed E-state index contributed by atoms with van der Waals surface area (Å²) < 4.78 is 1.78. The Morgan fingerprint density at radius 2 is 2.30 bits per heavy atom. The molecule has 0 fully saturated rings. The van der Waals surface area contributed by atoms with E-state index in [0.29, 0.717) is 6.42 Å². The quantitative estimate of drug-likeness (QED) is 0.923. The van der Waals surface area contributed by atoms with Crippen molar-refractivity contribution >= 4 is 11.5 Å². The van der Waals surface area contributed by atoms with Crippen LogP contribution < -0.4 is 5.32 Å². The molecule has 1 aliphatic heterocycles. The topological polar surface area (TPSA) is 59.8 Å². The highest BCUT2D eigenvalue weighted by atomic mass is 16.1. The van der Waals surface area contributed by atoms with Crippen LogP contribution in [0.3, 0.4) is 0 Å². The molecule has 0 saturated carbocycles. The number of para-hydroxylation sites is 1. The number of ketones is 1. The number of carbonyl (C=O) groups excluding carboxylic acids is 1. The van der Waals surface area contributed by atoms with E-state index in [1.54, 1.807) is 4.68 Å². The first-order chi connectivity index (χ1) is 9.79. The third kappa shape index (κ3) is 2.31. The van der Waals surface area contributed by atoms with Crippen molar-refractivity contribution in [1.29, 1.82) is 0 Å². The van der Waals surface area contributed by atoms with Crippen LogP contribution in [0.15, 0.2) is 30.6 Å². The minimum absolute atomic E-state index is 0.0329. The fourth-order valence-corrected chi connectivity index (χ4v) is 2.77.